The molecule has 0 saturated heterocycles. The number of hydrazone groups is 1. The standard InChI is InChI=1S/C27H20ClN5O2/c1-17-25-23(27(35)31-29-16-18-6-5-9-22(34)14-18)15-24(19-10-12-20(28)13-11-19)30-26(25)33(32-17)21-7-3-2-4-8-21/h2-16,34H,1H3,(H,31,35). The summed E-state index contributed by atoms with van der Waals surface area (Å²) in [5.41, 5.74) is 7.11. The average molecular weight is 482 g/mol. The summed E-state index contributed by atoms with van der Waals surface area (Å²) in [6.45, 7) is 1.85. The van der Waals surface area contributed by atoms with E-state index in [1.807, 2.05) is 49.4 Å². The van der Waals surface area contributed by atoms with Crippen LogP contribution in [0.25, 0.3) is 28.0 Å². The van der Waals surface area contributed by atoms with Crippen molar-refractivity contribution in [1.29, 1.82) is 0 Å². The first-order valence-electron chi connectivity index (χ1n) is 10.8. The van der Waals surface area contributed by atoms with Crippen molar-refractivity contribution in [1.82, 2.24) is 20.2 Å². The van der Waals surface area contributed by atoms with Crippen LogP contribution in [0.2, 0.25) is 5.02 Å². The van der Waals surface area contributed by atoms with Crippen LogP contribution in [0.4, 0.5) is 0 Å². The number of phenols is 1. The summed E-state index contributed by atoms with van der Waals surface area (Å²) in [5, 5.41) is 19.6. The van der Waals surface area contributed by atoms with Crippen LogP contribution in [0.3, 0.4) is 0 Å². The summed E-state index contributed by atoms with van der Waals surface area (Å²) in [4.78, 5) is 18.2. The SMILES string of the molecule is Cc1nn(-c2ccccc2)c2nc(-c3ccc(Cl)cc3)cc(C(=O)NN=Cc3cccc(O)c3)c12. The molecule has 0 saturated carbocycles. The highest BCUT2D eigenvalue weighted by Gasteiger charge is 2.21. The fourth-order valence-electron chi connectivity index (χ4n) is 3.82. The summed E-state index contributed by atoms with van der Waals surface area (Å²) in [6, 6.07) is 25.2. The van der Waals surface area contributed by atoms with Gasteiger partial charge >= 0.3 is 0 Å². The highest BCUT2D eigenvalue weighted by molar-refractivity contribution is 6.30. The average Bonchev–Trinajstić information content (AvgIpc) is 3.21. The molecule has 5 rings (SSSR count). The second kappa shape index (κ2) is 9.40. The summed E-state index contributed by atoms with van der Waals surface area (Å²) in [6.07, 6.45) is 1.47. The molecule has 2 heterocycles. The van der Waals surface area contributed by atoms with E-state index in [1.165, 1.54) is 6.21 Å². The van der Waals surface area contributed by atoms with Gasteiger partial charge in [0.15, 0.2) is 5.65 Å². The van der Waals surface area contributed by atoms with Gasteiger partial charge in [0.1, 0.15) is 5.75 Å². The smallest absolute Gasteiger partial charge is 0.272 e. The quantitative estimate of drug-likeness (QED) is 0.255. The number of hydrogen-bond donors (Lipinski definition) is 2. The molecular formula is C27H20ClN5O2. The lowest BCUT2D eigenvalue weighted by atomic mass is 10.1. The molecule has 7 nitrogen and oxygen atoms in total. The van der Waals surface area contributed by atoms with Gasteiger partial charge in [0.05, 0.1) is 34.2 Å². The first kappa shape index (κ1) is 22.3. The van der Waals surface area contributed by atoms with Crippen molar-refractivity contribution < 1.29 is 9.90 Å². The minimum Gasteiger partial charge on any atom is -0.508 e. The summed E-state index contributed by atoms with van der Waals surface area (Å²) >= 11 is 6.07. The van der Waals surface area contributed by atoms with Gasteiger partial charge in [-0.2, -0.15) is 10.2 Å². The number of aryl methyl sites for hydroxylation is 1. The number of pyridine rings is 1. The van der Waals surface area contributed by atoms with E-state index in [-0.39, 0.29) is 5.75 Å². The molecule has 1 amide bonds. The zero-order chi connectivity index (χ0) is 24.4. The topological polar surface area (TPSA) is 92.4 Å². The number of aromatic nitrogens is 3. The van der Waals surface area contributed by atoms with E-state index in [0.717, 1.165) is 11.3 Å². The molecule has 2 N–H and O–H groups in total. The molecule has 172 valence electrons. The number of hydrogen-bond acceptors (Lipinski definition) is 5. The first-order chi connectivity index (χ1) is 17.0. The van der Waals surface area contributed by atoms with Gasteiger partial charge in [0.2, 0.25) is 0 Å². The maximum Gasteiger partial charge on any atom is 0.272 e. The number of amides is 1. The Balaban J connectivity index is 1.61. The number of nitrogens with zero attached hydrogens (tertiary/aromatic N) is 4. The monoisotopic (exact) mass is 481 g/mol. The van der Waals surface area contributed by atoms with E-state index < -0.39 is 5.91 Å². The maximum absolute atomic E-state index is 13.3. The van der Waals surface area contributed by atoms with Crippen LogP contribution in [0.5, 0.6) is 5.75 Å². The highest BCUT2D eigenvalue weighted by atomic mass is 35.5. The van der Waals surface area contributed by atoms with Crippen molar-refractivity contribution in [3.8, 4) is 22.7 Å². The Hall–Kier alpha value is -4.49. The molecule has 3 aromatic carbocycles. The predicted molar refractivity (Wildman–Crippen MR) is 137 cm³/mol. The molecule has 0 aliphatic rings. The zero-order valence-electron chi connectivity index (χ0n) is 18.7. The Morgan fingerprint density at radius 3 is 2.54 bits per heavy atom. The Labute approximate surface area is 206 Å². The molecule has 5 aromatic rings. The highest BCUT2D eigenvalue weighted by Crippen LogP contribution is 2.29. The molecular weight excluding hydrogens is 462 g/mol. The normalized spacial score (nSPS) is 11.3. The summed E-state index contributed by atoms with van der Waals surface area (Å²) in [5.74, 6) is -0.285. The van der Waals surface area contributed by atoms with Gasteiger partial charge in [0.25, 0.3) is 5.91 Å². The van der Waals surface area contributed by atoms with Crippen LogP contribution < -0.4 is 5.43 Å². The molecule has 0 unspecified atom stereocenters. The van der Waals surface area contributed by atoms with Crippen molar-refractivity contribution in [2.24, 2.45) is 5.10 Å². The number of phenolic OH excluding ortho intramolecular Hbond substituents is 1. The Kier molecular flexibility index (Phi) is 5.99. The summed E-state index contributed by atoms with van der Waals surface area (Å²) < 4.78 is 1.73. The predicted octanol–water partition coefficient (Wildman–Crippen LogP) is 5.52. The van der Waals surface area contributed by atoms with Gasteiger partial charge in [-0.05, 0) is 55.0 Å². The van der Waals surface area contributed by atoms with Crippen LogP contribution in [0, 0.1) is 6.92 Å². The third kappa shape index (κ3) is 4.62. The number of halogens is 1. The molecule has 8 heteroatoms. The number of para-hydroxylation sites is 1. The lowest BCUT2D eigenvalue weighted by Gasteiger charge is -2.09. The number of nitrogens with one attached hydrogen (secondary N) is 1. The Morgan fingerprint density at radius 1 is 1.03 bits per heavy atom. The van der Waals surface area contributed by atoms with Crippen LogP contribution in [0.15, 0.2) is 90.0 Å². The number of carbonyl (C=O) groups is 1. The van der Waals surface area contributed by atoms with Crippen molar-refractivity contribution in [2.75, 3.05) is 0 Å². The van der Waals surface area contributed by atoms with Crippen LogP contribution in [-0.2, 0) is 0 Å². The van der Waals surface area contributed by atoms with Crippen LogP contribution in [-0.4, -0.2) is 32.0 Å². The van der Waals surface area contributed by atoms with Crippen molar-refractivity contribution in [3.05, 3.63) is 107 Å². The molecule has 0 bridgehead atoms. The van der Waals surface area contributed by atoms with E-state index in [4.69, 9.17) is 16.6 Å². The largest absolute Gasteiger partial charge is 0.508 e. The Morgan fingerprint density at radius 2 is 1.80 bits per heavy atom. The molecule has 0 fully saturated rings. The van der Waals surface area contributed by atoms with E-state index >= 15 is 0 Å². The van der Waals surface area contributed by atoms with Gasteiger partial charge in [-0.25, -0.2) is 15.1 Å². The molecule has 0 atom stereocenters. The van der Waals surface area contributed by atoms with Crippen LogP contribution in [0.1, 0.15) is 21.6 Å². The molecule has 0 spiro atoms. The Bertz CT molecular complexity index is 1560. The van der Waals surface area contributed by atoms with E-state index in [9.17, 15) is 9.90 Å². The van der Waals surface area contributed by atoms with Gasteiger partial charge in [-0.1, -0.05) is 54.1 Å². The third-order valence-corrected chi connectivity index (χ3v) is 5.70. The van der Waals surface area contributed by atoms with E-state index in [2.05, 4.69) is 15.6 Å². The molecule has 0 radical (unpaired) electrons. The van der Waals surface area contributed by atoms with Gasteiger partial charge in [-0.3, -0.25) is 4.79 Å². The summed E-state index contributed by atoms with van der Waals surface area (Å²) in [7, 11) is 0. The van der Waals surface area contributed by atoms with Crippen molar-refractivity contribution in [2.45, 2.75) is 6.92 Å². The van der Waals surface area contributed by atoms with E-state index in [0.29, 0.717) is 38.6 Å². The lowest BCUT2D eigenvalue weighted by molar-refractivity contribution is 0.0956. The number of carbonyl (C=O) groups excluding carboxylic acids is 1. The van der Waals surface area contributed by atoms with Gasteiger partial charge in [-0.15, -0.1) is 0 Å². The fraction of sp³-hybridized carbons (Fsp3) is 0.0370. The molecule has 0 aliphatic heterocycles. The molecule has 0 aliphatic carbocycles. The first-order valence-corrected chi connectivity index (χ1v) is 11.2. The minimum atomic E-state index is -0.403. The molecule has 35 heavy (non-hydrogen) atoms. The second-order valence-corrected chi connectivity index (χ2v) is 8.32. The van der Waals surface area contributed by atoms with Gasteiger partial charge < -0.3 is 5.11 Å². The fourth-order valence-corrected chi connectivity index (χ4v) is 3.94. The van der Waals surface area contributed by atoms with E-state index in [1.54, 1.807) is 47.1 Å². The third-order valence-electron chi connectivity index (χ3n) is 5.45. The van der Waals surface area contributed by atoms with Crippen LogP contribution >= 0.6 is 11.6 Å². The second-order valence-electron chi connectivity index (χ2n) is 7.89. The molecule has 2 aromatic heterocycles. The number of fused-ring (bicyclic) bond motifs is 1. The lowest BCUT2D eigenvalue weighted by Crippen LogP contribution is -2.18. The van der Waals surface area contributed by atoms with Crippen molar-refractivity contribution in [3.63, 3.8) is 0 Å². The number of benzene rings is 3. The maximum atomic E-state index is 13.3. The zero-order valence-corrected chi connectivity index (χ0v) is 19.4. The van der Waals surface area contributed by atoms with Crippen molar-refractivity contribution >= 4 is 34.8 Å². The van der Waals surface area contributed by atoms with Gasteiger partial charge in [0, 0.05) is 10.6 Å². The number of aromatic hydroxyl groups is 1. The minimum absolute atomic E-state index is 0.118. The number of rotatable bonds is 5.